The number of benzene rings is 1. The van der Waals surface area contributed by atoms with Gasteiger partial charge in [-0.1, -0.05) is 35.0 Å². The Kier molecular flexibility index (Phi) is 7.31. The van der Waals surface area contributed by atoms with Gasteiger partial charge in [0.2, 0.25) is 6.10 Å². The van der Waals surface area contributed by atoms with Gasteiger partial charge in [-0.05, 0) is 24.6 Å². The van der Waals surface area contributed by atoms with Crippen LogP contribution in [0.25, 0.3) is 0 Å². The van der Waals surface area contributed by atoms with Crippen molar-refractivity contribution in [1.29, 1.82) is 0 Å². The lowest BCUT2D eigenvalue weighted by Gasteiger charge is -2.26. The summed E-state index contributed by atoms with van der Waals surface area (Å²) in [6.07, 6.45) is -1.39. The minimum atomic E-state index is -1.96. The average Bonchev–Trinajstić information content (AvgIpc) is 2.52. The molecule has 0 amide bonds. The summed E-state index contributed by atoms with van der Waals surface area (Å²) >= 11 is 3.26. The quantitative estimate of drug-likeness (QED) is 0.316. The van der Waals surface area contributed by atoms with Gasteiger partial charge in [-0.2, -0.15) is 0 Å². The Morgan fingerprint density at radius 3 is 2.43 bits per heavy atom. The van der Waals surface area contributed by atoms with Crippen molar-refractivity contribution in [3.63, 3.8) is 0 Å². The van der Waals surface area contributed by atoms with E-state index in [2.05, 4.69) is 20.7 Å². The first-order valence-corrected chi connectivity index (χ1v) is 7.81. The molecule has 0 saturated carbocycles. The standard InChI is InChI=1S/C15H18BrNO6/c1-3-23-15(20)14(19)13(17(21)22)12(9(2)8-18)10-4-6-11(16)7-5-10/h4-9,12-14,19H,3H2,1-2H3/t9-,12-,13-,14+/m0/s1. The Bertz CT molecular complexity index is 562. The molecule has 0 aliphatic rings. The Labute approximate surface area is 141 Å². The number of rotatable bonds is 8. The van der Waals surface area contributed by atoms with Gasteiger partial charge in [0, 0.05) is 15.3 Å². The topological polar surface area (TPSA) is 107 Å². The van der Waals surface area contributed by atoms with Crippen LogP contribution >= 0.6 is 15.9 Å². The van der Waals surface area contributed by atoms with E-state index in [1.165, 1.54) is 13.8 Å². The molecule has 0 bridgehead atoms. The van der Waals surface area contributed by atoms with Crippen molar-refractivity contribution in [2.24, 2.45) is 5.92 Å². The van der Waals surface area contributed by atoms with Crippen molar-refractivity contribution in [3.05, 3.63) is 44.4 Å². The number of hydrogen-bond acceptors (Lipinski definition) is 6. The van der Waals surface area contributed by atoms with E-state index in [-0.39, 0.29) is 6.61 Å². The number of ether oxygens (including phenoxy) is 1. The maximum Gasteiger partial charge on any atom is 0.342 e. The summed E-state index contributed by atoms with van der Waals surface area (Å²) in [6, 6.07) is 4.89. The fraction of sp³-hybridized carbons (Fsp3) is 0.467. The van der Waals surface area contributed by atoms with E-state index < -0.39 is 34.9 Å². The van der Waals surface area contributed by atoms with Gasteiger partial charge in [0.25, 0.3) is 6.04 Å². The fourth-order valence-electron chi connectivity index (χ4n) is 2.39. The molecule has 126 valence electrons. The molecule has 1 rings (SSSR count). The Balaban J connectivity index is 3.29. The van der Waals surface area contributed by atoms with Crippen LogP contribution in [-0.4, -0.2) is 41.0 Å². The monoisotopic (exact) mass is 387 g/mol. The zero-order chi connectivity index (χ0) is 17.6. The van der Waals surface area contributed by atoms with Crippen LogP contribution in [0.4, 0.5) is 0 Å². The summed E-state index contributed by atoms with van der Waals surface area (Å²) in [5.74, 6) is -2.81. The highest BCUT2D eigenvalue weighted by atomic mass is 79.9. The molecule has 0 fully saturated rings. The maximum absolute atomic E-state index is 11.7. The van der Waals surface area contributed by atoms with E-state index in [4.69, 9.17) is 0 Å². The van der Waals surface area contributed by atoms with Crippen molar-refractivity contribution in [2.75, 3.05) is 6.61 Å². The Hall–Kier alpha value is -1.80. The second kappa shape index (κ2) is 8.73. The molecule has 1 aromatic rings. The lowest BCUT2D eigenvalue weighted by molar-refractivity contribution is -0.537. The lowest BCUT2D eigenvalue weighted by Crippen LogP contribution is -2.46. The number of esters is 1. The van der Waals surface area contributed by atoms with Gasteiger partial charge in [0.05, 0.1) is 12.5 Å². The third kappa shape index (κ3) is 4.84. The number of carbonyl (C=O) groups excluding carboxylic acids is 2. The van der Waals surface area contributed by atoms with Crippen LogP contribution in [0.1, 0.15) is 25.3 Å². The van der Waals surface area contributed by atoms with Crippen LogP contribution in [0.5, 0.6) is 0 Å². The summed E-state index contributed by atoms with van der Waals surface area (Å²) in [5.41, 5.74) is 0.484. The van der Waals surface area contributed by atoms with Crippen molar-refractivity contribution >= 4 is 28.2 Å². The molecule has 0 aliphatic carbocycles. The normalized spacial score (nSPS) is 16.0. The molecule has 0 unspecified atom stereocenters. The summed E-state index contributed by atoms with van der Waals surface area (Å²) < 4.78 is 5.43. The van der Waals surface area contributed by atoms with Gasteiger partial charge in [0.1, 0.15) is 6.29 Å². The molecule has 0 spiro atoms. The molecule has 1 N–H and O–H groups in total. The predicted octanol–water partition coefficient (Wildman–Crippen LogP) is 1.94. The molecule has 23 heavy (non-hydrogen) atoms. The summed E-state index contributed by atoms with van der Waals surface area (Å²) in [5, 5.41) is 21.5. The van der Waals surface area contributed by atoms with Gasteiger partial charge in [-0.3, -0.25) is 10.1 Å². The number of halogens is 1. The van der Waals surface area contributed by atoms with Crippen LogP contribution in [0.2, 0.25) is 0 Å². The molecular formula is C15H18BrNO6. The molecule has 0 radical (unpaired) electrons. The van der Waals surface area contributed by atoms with E-state index in [1.54, 1.807) is 24.3 Å². The molecule has 0 aromatic heterocycles. The Morgan fingerprint density at radius 1 is 1.43 bits per heavy atom. The number of aliphatic hydroxyl groups is 1. The highest BCUT2D eigenvalue weighted by Gasteiger charge is 2.46. The van der Waals surface area contributed by atoms with E-state index >= 15 is 0 Å². The van der Waals surface area contributed by atoms with E-state index in [0.29, 0.717) is 11.8 Å². The average molecular weight is 388 g/mol. The second-order valence-corrected chi connectivity index (χ2v) is 5.96. The smallest absolute Gasteiger partial charge is 0.342 e. The first-order valence-electron chi connectivity index (χ1n) is 7.02. The molecular weight excluding hydrogens is 370 g/mol. The van der Waals surface area contributed by atoms with E-state index in [0.717, 1.165) is 4.47 Å². The zero-order valence-electron chi connectivity index (χ0n) is 12.7. The molecule has 0 heterocycles. The summed E-state index contributed by atoms with van der Waals surface area (Å²) in [7, 11) is 0. The summed E-state index contributed by atoms with van der Waals surface area (Å²) in [6.45, 7) is 3.03. The number of hydrogen-bond donors (Lipinski definition) is 1. The zero-order valence-corrected chi connectivity index (χ0v) is 14.3. The minimum absolute atomic E-state index is 0.00743. The number of aliphatic hydroxyl groups excluding tert-OH is 1. The van der Waals surface area contributed by atoms with E-state index in [9.17, 15) is 24.8 Å². The molecule has 7 nitrogen and oxygen atoms in total. The van der Waals surface area contributed by atoms with Crippen LogP contribution in [-0.2, 0) is 14.3 Å². The first kappa shape index (κ1) is 19.2. The number of aldehydes is 1. The van der Waals surface area contributed by atoms with Crippen molar-refractivity contribution < 1.29 is 24.4 Å². The van der Waals surface area contributed by atoms with Gasteiger partial charge >= 0.3 is 5.97 Å². The SMILES string of the molecule is CCOC(=O)[C@H](O)[C@H]([C@H](c1ccc(Br)cc1)[C@@H](C)C=O)[N+](=O)[O-]. The predicted molar refractivity (Wildman–Crippen MR) is 85.5 cm³/mol. The molecule has 8 heteroatoms. The molecule has 0 saturated heterocycles. The molecule has 4 atom stereocenters. The molecule has 0 aliphatic heterocycles. The molecule has 1 aromatic carbocycles. The summed E-state index contributed by atoms with van der Waals surface area (Å²) in [4.78, 5) is 33.6. The Morgan fingerprint density at radius 2 is 2.00 bits per heavy atom. The van der Waals surface area contributed by atoms with Crippen LogP contribution in [0.3, 0.4) is 0 Å². The van der Waals surface area contributed by atoms with Crippen molar-refractivity contribution in [1.82, 2.24) is 0 Å². The van der Waals surface area contributed by atoms with Crippen LogP contribution in [0, 0.1) is 16.0 Å². The van der Waals surface area contributed by atoms with E-state index in [1.807, 2.05) is 0 Å². The third-order valence-corrected chi connectivity index (χ3v) is 4.03. The largest absolute Gasteiger partial charge is 0.464 e. The van der Waals surface area contributed by atoms with Crippen molar-refractivity contribution in [2.45, 2.75) is 31.9 Å². The highest BCUT2D eigenvalue weighted by molar-refractivity contribution is 9.10. The second-order valence-electron chi connectivity index (χ2n) is 5.05. The van der Waals surface area contributed by atoms with Crippen LogP contribution < -0.4 is 0 Å². The highest BCUT2D eigenvalue weighted by Crippen LogP contribution is 2.32. The van der Waals surface area contributed by atoms with Crippen LogP contribution in [0.15, 0.2) is 28.7 Å². The maximum atomic E-state index is 11.7. The minimum Gasteiger partial charge on any atom is -0.464 e. The van der Waals surface area contributed by atoms with Gasteiger partial charge in [-0.15, -0.1) is 0 Å². The first-order chi connectivity index (χ1) is 10.8. The third-order valence-electron chi connectivity index (χ3n) is 3.50. The van der Waals surface area contributed by atoms with Gasteiger partial charge < -0.3 is 14.6 Å². The van der Waals surface area contributed by atoms with Gasteiger partial charge in [0.15, 0.2) is 0 Å². The van der Waals surface area contributed by atoms with Crippen molar-refractivity contribution in [3.8, 4) is 0 Å². The number of nitrogens with zero attached hydrogens (tertiary/aromatic N) is 1. The fourth-order valence-corrected chi connectivity index (χ4v) is 2.66. The number of nitro groups is 1. The van der Waals surface area contributed by atoms with Gasteiger partial charge in [-0.25, -0.2) is 4.79 Å². The lowest BCUT2D eigenvalue weighted by atomic mass is 9.80. The number of carbonyl (C=O) groups is 2.